The molecule has 0 radical (unpaired) electrons. The van der Waals surface area contributed by atoms with Crippen molar-refractivity contribution in [2.75, 3.05) is 14.2 Å². The predicted octanol–water partition coefficient (Wildman–Crippen LogP) is 4.13. The van der Waals surface area contributed by atoms with Crippen LogP contribution in [0.15, 0.2) is 59.1 Å². The lowest BCUT2D eigenvalue weighted by molar-refractivity contribution is -0.169. The third-order valence-electron chi connectivity index (χ3n) is 5.64. The van der Waals surface area contributed by atoms with Gasteiger partial charge in [-0.05, 0) is 42.5 Å². The molecule has 1 fully saturated rings. The summed E-state index contributed by atoms with van der Waals surface area (Å²) < 4.78 is 11.3. The van der Waals surface area contributed by atoms with Crippen molar-refractivity contribution in [3.8, 4) is 0 Å². The molecule has 3 rings (SSSR count). The molecule has 5 nitrogen and oxygen atoms in total. The Morgan fingerprint density at radius 3 is 2.34 bits per heavy atom. The van der Waals surface area contributed by atoms with E-state index in [0.29, 0.717) is 25.8 Å². The number of halogens is 1. The van der Waals surface area contributed by atoms with Crippen LogP contribution in [0, 0.1) is 0 Å². The van der Waals surface area contributed by atoms with Gasteiger partial charge in [-0.2, -0.15) is 0 Å². The largest absolute Gasteiger partial charge is 0.468 e. The molecule has 6 heteroatoms. The van der Waals surface area contributed by atoms with Gasteiger partial charge in [0.1, 0.15) is 11.6 Å². The van der Waals surface area contributed by atoms with Crippen molar-refractivity contribution in [2.24, 2.45) is 0 Å². The Morgan fingerprint density at radius 1 is 1.03 bits per heavy atom. The molecule has 1 aliphatic heterocycles. The fourth-order valence-electron chi connectivity index (χ4n) is 4.22. The Labute approximate surface area is 180 Å². The van der Waals surface area contributed by atoms with E-state index in [2.05, 4.69) is 15.9 Å². The second-order valence-corrected chi connectivity index (χ2v) is 8.29. The van der Waals surface area contributed by atoms with Crippen molar-refractivity contribution in [1.29, 1.82) is 0 Å². The summed E-state index contributed by atoms with van der Waals surface area (Å²) in [6.07, 6.45) is 2.48. The zero-order valence-electron chi connectivity index (χ0n) is 16.8. The molecule has 0 aliphatic carbocycles. The van der Waals surface area contributed by atoms with E-state index in [-0.39, 0.29) is 11.9 Å². The molecule has 0 bridgehead atoms. The van der Waals surface area contributed by atoms with Crippen LogP contribution >= 0.6 is 15.9 Å². The van der Waals surface area contributed by atoms with E-state index in [9.17, 15) is 9.59 Å². The fourth-order valence-corrected chi connectivity index (χ4v) is 4.48. The SMILES string of the molecule is COC(=O)[C@H]1CCC[C@@](Cc2ccc(Br)cc2)(C(=O)OC)N1Cc1ccccc1. The van der Waals surface area contributed by atoms with Gasteiger partial charge in [0.25, 0.3) is 0 Å². The molecule has 2 aromatic carbocycles. The number of nitrogens with zero attached hydrogens (tertiary/aromatic N) is 1. The second kappa shape index (κ2) is 9.55. The first-order valence-electron chi connectivity index (χ1n) is 9.71. The van der Waals surface area contributed by atoms with Crippen LogP contribution in [0.1, 0.15) is 30.4 Å². The maximum atomic E-state index is 13.2. The lowest BCUT2D eigenvalue weighted by Crippen LogP contribution is -2.64. The van der Waals surface area contributed by atoms with Crippen molar-refractivity contribution < 1.29 is 19.1 Å². The van der Waals surface area contributed by atoms with Gasteiger partial charge in [-0.15, -0.1) is 0 Å². The van der Waals surface area contributed by atoms with Gasteiger partial charge in [0, 0.05) is 17.4 Å². The molecular weight excluding hydrogens is 434 g/mol. The van der Waals surface area contributed by atoms with Crippen LogP contribution in [0.4, 0.5) is 0 Å². The van der Waals surface area contributed by atoms with Crippen LogP contribution < -0.4 is 0 Å². The predicted molar refractivity (Wildman–Crippen MR) is 114 cm³/mol. The first kappa shape index (κ1) is 21.5. The highest BCUT2D eigenvalue weighted by molar-refractivity contribution is 9.10. The zero-order valence-corrected chi connectivity index (χ0v) is 18.4. The summed E-state index contributed by atoms with van der Waals surface area (Å²) in [5, 5.41) is 0. The van der Waals surface area contributed by atoms with Gasteiger partial charge in [0.05, 0.1) is 14.2 Å². The molecule has 1 aliphatic rings. The lowest BCUT2D eigenvalue weighted by atomic mass is 9.78. The van der Waals surface area contributed by atoms with E-state index in [1.54, 1.807) is 0 Å². The molecular formula is C23H26BrNO4. The molecule has 0 aromatic heterocycles. The molecule has 1 saturated heterocycles. The number of carbonyl (C=O) groups is 2. The van der Waals surface area contributed by atoms with Gasteiger partial charge in [0.2, 0.25) is 0 Å². The first-order valence-corrected chi connectivity index (χ1v) is 10.5. The molecule has 0 saturated carbocycles. The van der Waals surface area contributed by atoms with E-state index < -0.39 is 11.6 Å². The minimum absolute atomic E-state index is 0.315. The standard InChI is InChI=1S/C23H26BrNO4/c1-28-21(26)20-9-6-14-23(22(27)29-2,15-17-10-12-19(24)13-11-17)25(20)16-18-7-4-3-5-8-18/h3-5,7-8,10-13,20H,6,9,14-16H2,1-2H3/t20-,23-/m1/s1. The molecule has 0 amide bonds. The zero-order chi connectivity index (χ0) is 20.9. The summed E-state index contributed by atoms with van der Waals surface area (Å²) in [6, 6.07) is 17.3. The van der Waals surface area contributed by atoms with E-state index in [0.717, 1.165) is 22.0 Å². The highest BCUT2D eigenvalue weighted by Gasteiger charge is 2.52. The van der Waals surface area contributed by atoms with Crippen LogP contribution in [0.25, 0.3) is 0 Å². The minimum Gasteiger partial charge on any atom is -0.468 e. The van der Waals surface area contributed by atoms with Crippen LogP contribution in [0.5, 0.6) is 0 Å². The molecule has 0 unspecified atom stereocenters. The molecule has 1 heterocycles. The summed E-state index contributed by atoms with van der Waals surface area (Å²) in [6.45, 7) is 0.465. The number of hydrogen-bond donors (Lipinski definition) is 0. The summed E-state index contributed by atoms with van der Waals surface area (Å²) in [5.74, 6) is -0.630. The average Bonchev–Trinajstić information content (AvgIpc) is 2.76. The van der Waals surface area contributed by atoms with Crippen molar-refractivity contribution in [1.82, 2.24) is 4.90 Å². The number of carbonyl (C=O) groups excluding carboxylic acids is 2. The van der Waals surface area contributed by atoms with E-state index in [1.165, 1.54) is 14.2 Å². The van der Waals surface area contributed by atoms with Crippen molar-refractivity contribution >= 4 is 27.9 Å². The highest BCUT2D eigenvalue weighted by atomic mass is 79.9. The van der Waals surface area contributed by atoms with Gasteiger partial charge in [0.15, 0.2) is 0 Å². The van der Waals surface area contributed by atoms with Gasteiger partial charge >= 0.3 is 11.9 Å². The smallest absolute Gasteiger partial charge is 0.326 e. The normalized spacial score (nSPS) is 22.1. The number of piperidine rings is 1. The van der Waals surface area contributed by atoms with Gasteiger partial charge in [-0.1, -0.05) is 58.4 Å². The Balaban J connectivity index is 2.06. The van der Waals surface area contributed by atoms with Crippen LogP contribution in [0.3, 0.4) is 0 Å². The van der Waals surface area contributed by atoms with Gasteiger partial charge in [-0.25, -0.2) is 0 Å². The maximum absolute atomic E-state index is 13.2. The summed E-state index contributed by atoms with van der Waals surface area (Å²) in [5.41, 5.74) is 1.12. The number of benzene rings is 2. The quantitative estimate of drug-likeness (QED) is 0.607. The van der Waals surface area contributed by atoms with Crippen LogP contribution in [-0.2, 0) is 32.0 Å². The molecule has 0 spiro atoms. The first-order chi connectivity index (χ1) is 14.0. The summed E-state index contributed by atoms with van der Waals surface area (Å²) in [7, 11) is 2.81. The van der Waals surface area contributed by atoms with E-state index in [1.807, 2.05) is 59.5 Å². The number of rotatable bonds is 6. The van der Waals surface area contributed by atoms with Gasteiger partial charge < -0.3 is 9.47 Å². The second-order valence-electron chi connectivity index (χ2n) is 7.37. The van der Waals surface area contributed by atoms with Crippen molar-refractivity contribution in [3.05, 3.63) is 70.2 Å². The van der Waals surface area contributed by atoms with E-state index in [4.69, 9.17) is 9.47 Å². The molecule has 2 atom stereocenters. The van der Waals surface area contributed by atoms with Crippen molar-refractivity contribution in [3.63, 3.8) is 0 Å². The number of likely N-dealkylation sites (tertiary alicyclic amines) is 1. The molecule has 0 N–H and O–H groups in total. The molecule has 154 valence electrons. The molecule has 29 heavy (non-hydrogen) atoms. The number of esters is 2. The fraction of sp³-hybridized carbons (Fsp3) is 0.391. The summed E-state index contributed by atoms with van der Waals surface area (Å²) >= 11 is 3.46. The van der Waals surface area contributed by atoms with Gasteiger partial charge in [-0.3, -0.25) is 14.5 Å². The topological polar surface area (TPSA) is 55.8 Å². The van der Waals surface area contributed by atoms with Crippen LogP contribution in [0.2, 0.25) is 0 Å². The maximum Gasteiger partial charge on any atom is 0.326 e. The van der Waals surface area contributed by atoms with E-state index >= 15 is 0 Å². The monoisotopic (exact) mass is 459 g/mol. The minimum atomic E-state index is -0.935. The summed E-state index contributed by atoms with van der Waals surface area (Å²) in [4.78, 5) is 27.8. The Morgan fingerprint density at radius 2 is 1.72 bits per heavy atom. The Hall–Kier alpha value is -2.18. The third kappa shape index (κ3) is 4.70. The lowest BCUT2D eigenvalue weighted by Gasteiger charge is -2.48. The Kier molecular flexibility index (Phi) is 7.09. The Bertz CT molecular complexity index is 840. The molecule has 2 aromatic rings. The third-order valence-corrected chi connectivity index (χ3v) is 6.17. The number of ether oxygens (including phenoxy) is 2. The van der Waals surface area contributed by atoms with Crippen LogP contribution in [-0.4, -0.2) is 42.6 Å². The number of hydrogen-bond acceptors (Lipinski definition) is 5. The number of methoxy groups -OCH3 is 2. The van der Waals surface area contributed by atoms with Crippen molar-refractivity contribution in [2.45, 2.75) is 43.8 Å². The highest BCUT2D eigenvalue weighted by Crippen LogP contribution is 2.38. The average molecular weight is 460 g/mol.